The lowest BCUT2D eigenvalue weighted by molar-refractivity contribution is 1.18. The molecule has 3 heteroatoms. The highest BCUT2D eigenvalue weighted by Gasteiger charge is 2.16. The first kappa shape index (κ1) is 26.1. The zero-order valence-corrected chi connectivity index (χ0v) is 24.9. The molecule has 2 aromatic heterocycles. The third kappa shape index (κ3) is 4.05. The van der Waals surface area contributed by atoms with E-state index in [0.29, 0.717) is 5.56 Å². The molecule has 0 unspecified atom stereocenters. The molecule has 0 atom stereocenters. The molecule has 0 saturated heterocycles. The Morgan fingerprint density at radius 2 is 0.739 bits per heavy atom. The van der Waals surface area contributed by atoms with Crippen molar-refractivity contribution in [3.05, 3.63) is 169 Å². The van der Waals surface area contributed by atoms with Gasteiger partial charge in [0.05, 0.1) is 33.7 Å². The van der Waals surface area contributed by atoms with Gasteiger partial charge in [0.15, 0.2) is 0 Å². The molecule has 9 aromatic rings. The molecule has 0 bridgehead atoms. The summed E-state index contributed by atoms with van der Waals surface area (Å²) in [6.45, 7) is 0. The van der Waals surface area contributed by atoms with Crippen molar-refractivity contribution in [3.8, 4) is 39.7 Å². The zero-order valence-electron chi connectivity index (χ0n) is 24.9. The number of hydrogen-bond donors (Lipinski definition) is 0. The van der Waals surface area contributed by atoms with Crippen molar-refractivity contribution in [1.29, 1.82) is 5.26 Å². The van der Waals surface area contributed by atoms with Gasteiger partial charge in [-0.3, -0.25) is 0 Å². The Bertz CT molecular complexity index is 2620. The lowest BCUT2D eigenvalue weighted by Crippen LogP contribution is -1.93. The van der Waals surface area contributed by atoms with E-state index in [1.54, 1.807) is 0 Å². The van der Waals surface area contributed by atoms with Crippen LogP contribution in [0.3, 0.4) is 0 Å². The molecular weight excluding hydrogens is 558 g/mol. The molecule has 46 heavy (non-hydrogen) atoms. The first-order valence-electron chi connectivity index (χ1n) is 15.5. The molecule has 2 heterocycles. The quantitative estimate of drug-likeness (QED) is 0.202. The normalized spacial score (nSPS) is 11.5. The number of para-hydroxylation sites is 3. The molecule has 0 aliphatic rings. The van der Waals surface area contributed by atoms with Gasteiger partial charge in [-0.1, -0.05) is 84.9 Å². The molecular formula is C43H27N3. The first-order valence-corrected chi connectivity index (χ1v) is 15.5. The fraction of sp³-hybridized carbons (Fsp3) is 0. The van der Waals surface area contributed by atoms with Gasteiger partial charge in [0.2, 0.25) is 0 Å². The van der Waals surface area contributed by atoms with Crippen LogP contribution in [0.15, 0.2) is 164 Å². The van der Waals surface area contributed by atoms with Crippen molar-refractivity contribution in [2.45, 2.75) is 0 Å². The summed E-state index contributed by atoms with van der Waals surface area (Å²) >= 11 is 0. The van der Waals surface area contributed by atoms with E-state index in [4.69, 9.17) is 0 Å². The highest BCUT2D eigenvalue weighted by atomic mass is 15.0. The maximum absolute atomic E-state index is 9.30. The number of nitriles is 1. The van der Waals surface area contributed by atoms with Crippen molar-refractivity contribution in [2.75, 3.05) is 0 Å². The van der Waals surface area contributed by atoms with Crippen LogP contribution in [0, 0.1) is 11.3 Å². The van der Waals surface area contributed by atoms with Gasteiger partial charge in [0.1, 0.15) is 0 Å². The van der Waals surface area contributed by atoms with Crippen LogP contribution in [0.2, 0.25) is 0 Å². The molecule has 0 fully saturated rings. The molecule has 214 valence electrons. The maximum atomic E-state index is 9.30. The van der Waals surface area contributed by atoms with Crippen molar-refractivity contribution in [1.82, 2.24) is 9.13 Å². The first-order chi connectivity index (χ1) is 22.8. The van der Waals surface area contributed by atoms with Crippen molar-refractivity contribution < 1.29 is 0 Å². The SMILES string of the molecule is N#Cc1ccc(-c2ccc3c(c2)c2cc(-c4ccc5c(c4)c4ccccc4n5-c4ccccc4)ccc2n3-c2ccccc2)cc1. The number of fused-ring (bicyclic) bond motifs is 6. The number of hydrogen-bond acceptors (Lipinski definition) is 1. The van der Waals surface area contributed by atoms with Crippen molar-refractivity contribution in [2.24, 2.45) is 0 Å². The second-order valence-electron chi connectivity index (χ2n) is 11.7. The second kappa shape index (κ2) is 10.4. The van der Waals surface area contributed by atoms with E-state index in [-0.39, 0.29) is 0 Å². The fourth-order valence-electron chi connectivity index (χ4n) is 6.98. The maximum Gasteiger partial charge on any atom is 0.0991 e. The van der Waals surface area contributed by atoms with Crippen LogP contribution in [0.25, 0.3) is 77.2 Å². The predicted octanol–water partition coefficient (Wildman–Crippen LogP) is 11.1. The Morgan fingerprint density at radius 1 is 0.348 bits per heavy atom. The van der Waals surface area contributed by atoms with Gasteiger partial charge in [-0.05, 0) is 101 Å². The lowest BCUT2D eigenvalue weighted by Gasteiger charge is -2.09. The zero-order chi connectivity index (χ0) is 30.6. The predicted molar refractivity (Wildman–Crippen MR) is 191 cm³/mol. The standard InChI is InChI=1S/C43H27N3/c44-28-29-15-17-30(18-16-29)31-19-22-42-38(25-31)39-27-33(21-24-43(39)46(42)35-11-5-2-6-12-35)32-20-23-41-37(26-32)36-13-7-8-14-40(36)45(41)34-9-3-1-4-10-34/h1-27H. The summed E-state index contributed by atoms with van der Waals surface area (Å²) in [5.74, 6) is 0. The molecule has 0 amide bonds. The summed E-state index contributed by atoms with van der Waals surface area (Å²) in [4.78, 5) is 0. The van der Waals surface area contributed by atoms with Crippen molar-refractivity contribution >= 4 is 43.6 Å². The van der Waals surface area contributed by atoms with E-state index >= 15 is 0 Å². The summed E-state index contributed by atoms with van der Waals surface area (Å²) in [7, 11) is 0. The van der Waals surface area contributed by atoms with E-state index < -0.39 is 0 Å². The molecule has 0 saturated carbocycles. The summed E-state index contributed by atoms with van der Waals surface area (Å²) in [6.07, 6.45) is 0. The molecule has 0 aliphatic heterocycles. The Kier molecular flexibility index (Phi) is 5.88. The van der Waals surface area contributed by atoms with Crippen LogP contribution < -0.4 is 0 Å². The van der Waals surface area contributed by atoms with E-state index in [1.807, 2.05) is 24.3 Å². The molecule has 7 aromatic carbocycles. The Morgan fingerprint density at radius 3 is 1.24 bits per heavy atom. The minimum absolute atomic E-state index is 0.666. The molecule has 3 nitrogen and oxygen atoms in total. The summed E-state index contributed by atoms with van der Waals surface area (Å²) in [5, 5.41) is 14.2. The molecule has 0 aliphatic carbocycles. The lowest BCUT2D eigenvalue weighted by atomic mass is 9.99. The minimum Gasteiger partial charge on any atom is -0.309 e. The monoisotopic (exact) mass is 585 g/mol. The average Bonchev–Trinajstić information content (AvgIpc) is 3.64. The van der Waals surface area contributed by atoms with Crippen LogP contribution in [0.5, 0.6) is 0 Å². The topological polar surface area (TPSA) is 33.6 Å². The van der Waals surface area contributed by atoms with Crippen LogP contribution in [-0.4, -0.2) is 9.13 Å². The number of rotatable bonds is 4. The van der Waals surface area contributed by atoms with Gasteiger partial charge >= 0.3 is 0 Å². The van der Waals surface area contributed by atoms with Crippen LogP contribution >= 0.6 is 0 Å². The largest absolute Gasteiger partial charge is 0.309 e. The molecule has 0 spiro atoms. The molecule has 0 radical (unpaired) electrons. The van der Waals surface area contributed by atoms with E-state index in [2.05, 4.69) is 155 Å². The summed E-state index contributed by atoms with van der Waals surface area (Å²) in [6, 6.07) is 60.3. The van der Waals surface area contributed by atoms with Gasteiger partial charge < -0.3 is 9.13 Å². The summed E-state index contributed by atoms with van der Waals surface area (Å²) in [5.41, 5.74) is 12.3. The average molecular weight is 586 g/mol. The molecule has 0 N–H and O–H groups in total. The van der Waals surface area contributed by atoms with E-state index in [9.17, 15) is 5.26 Å². The highest BCUT2D eigenvalue weighted by molar-refractivity contribution is 6.13. The van der Waals surface area contributed by atoms with Gasteiger partial charge in [0.25, 0.3) is 0 Å². The fourth-order valence-corrected chi connectivity index (χ4v) is 6.98. The van der Waals surface area contributed by atoms with Crippen LogP contribution in [0.4, 0.5) is 0 Å². The van der Waals surface area contributed by atoms with Crippen LogP contribution in [0.1, 0.15) is 5.56 Å². The van der Waals surface area contributed by atoms with Gasteiger partial charge in [-0.15, -0.1) is 0 Å². The van der Waals surface area contributed by atoms with Crippen LogP contribution in [-0.2, 0) is 0 Å². The smallest absolute Gasteiger partial charge is 0.0991 e. The Balaban J connectivity index is 1.26. The van der Waals surface area contributed by atoms with E-state index in [0.717, 1.165) is 28.0 Å². The molecule has 9 rings (SSSR count). The number of benzene rings is 7. The Hall–Kier alpha value is -6.37. The third-order valence-electron chi connectivity index (χ3n) is 9.15. The van der Waals surface area contributed by atoms with Crippen molar-refractivity contribution in [3.63, 3.8) is 0 Å². The van der Waals surface area contributed by atoms with Gasteiger partial charge in [-0.25, -0.2) is 0 Å². The van der Waals surface area contributed by atoms with Gasteiger partial charge in [-0.2, -0.15) is 5.26 Å². The highest BCUT2D eigenvalue weighted by Crippen LogP contribution is 2.39. The second-order valence-corrected chi connectivity index (χ2v) is 11.7. The third-order valence-corrected chi connectivity index (χ3v) is 9.15. The minimum atomic E-state index is 0.666. The Labute approximate surface area is 266 Å². The van der Waals surface area contributed by atoms with E-state index in [1.165, 1.54) is 49.2 Å². The summed E-state index contributed by atoms with van der Waals surface area (Å²) < 4.78 is 4.71. The number of aromatic nitrogens is 2. The number of nitrogens with zero attached hydrogens (tertiary/aromatic N) is 3. The van der Waals surface area contributed by atoms with Gasteiger partial charge in [0, 0.05) is 32.9 Å².